The molecule has 1 fully saturated rings. The molecule has 0 radical (unpaired) electrons. The van der Waals surface area contributed by atoms with Crippen LogP contribution in [0.4, 0.5) is 5.69 Å². The summed E-state index contributed by atoms with van der Waals surface area (Å²) in [6, 6.07) is 0. The third-order valence-electron chi connectivity index (χ3n) is 19.7. The van der Waals surface area contributed by atoms with Gasteiger partial charge in [-0.05, 0) is 115 Å². The molecule has 5 heterocycles. The second kappa shape index (κ2) is 31.3. The van der Waals surface area contributed by atoms with Gasteiger partial charge in [0.2, 0.25) is 0 Å². The molecule has 7 N–H and O–H groups in total. The molecule has 0 unspecified atom stereocenters. The van der Waals surface area contributed by atoms with Gasteiger partial charge in [-0.1, -0.05) is 119 Å². The summed E-state index contributed by atoms with van der Waals surface area (Å²) in [5.74, 6) is -4.31. The van der Waals surface area contributed by atoms with E-state index in [0.29, 0.717) is 18.8 Å². The Balaban J connectivity index is 0.000000349. The van der Waals surface area contributed by atoms with Crippen molar-refractivity contribution >= 4 is 40.3 Å². The van der Waals surface area contributed by atoms with Gasteiger partial charge in [0.15, 0.2) is 5.75 Å². The molecule has 5 aliphatic heterocycles. The van der Waals surface area contributed by atoms with E-state index >= 15 is 0 Å². The van der Waals surface area contributed by atoms with Gasteiger partial charge in [-0.2, -0.15) is 5.10 Å². The number of nitrogens with zero attached hydrogens (tertiary/aromatic N) is 3. The number of fused-ring (bicyclic) bond motifs is 15. The monoisotopic (exact) mass is 1250 g/mol. The fourth-order valence-electron chi connectivity index (χ4n) is 13.2. The molecular formula is C72H108N4O14. The minimum atomic E-state index is -2.04. The number of rotatable bonds is 16. The van der Waals surface area contributed by atoms with Crippen LogP contribution in [0, 0.1) is 69.1 Å². The molecule has 0 saturated carbocycles. The number of ether oxygens (including phenoxy) is 5. The Kier molecular flexibility index (Phi) is 25.3. The van der Waals surface area contributed by atoms with Crippen LogP contribution in [0.2, 0.25) is 0 Å². The molecule has 0 aromatic heterocycles. The third-order valence-corrected chi connectivity index (χ3v) is 19.7. The number of aliphatic hydroxyl groups is 2. The Morgan fingerprint density at radius 1 is 0.756 bits per heavy atom. The van der Waals surface area contributed by atoms with Gasteiger partial charge in [-0.3, -0.25) is 19.4 Å². The van der Waals surface area contributed by atoms with Crippen LogP contribution in [0.5, 0.6) is 34.5 Å². The van der Waals surface area contributed by atoms with Crippen molar-refractivity contribution in [2.24, 2.45) is 46.5 Å². The van der Waals surface area contributed by atoms with Crippen molar-refractivity contribution in [3.05, 3.63) is 75.1 Å². The molecule has 500 valence electrons. The molecule has 5 aliphatic rings. The SMILES string of the molecule is CO[C@H]1/C=C/O[C@@]2(C)Oc3c(C)c(O)c4c(O)c(c(/C=N\N5CCN(C)CC5)c(O)c4c3C2=O)NC(=O)/C(C)=C\C=C\[C@H](C)[C@H](O)[C@@H](C)[C@@H](O)[C@@H](C)[C@H](OC(C)=O)[C@@H]1C.Cc1c(C)c2c(c(C)c1O)CC[C@@](C)(CCC[C@H](C)CCC[C@H](C)CCCC(C)C)O2. The second-order valence-corrected chi connectivity index (χ2v) is 27.6. The van der Waals surface area contributed by atoms with Crippen molar-refractivity contribution < 1.29 is 68.7 Å². The molecule has 0 spiro atoms. The first-order valence-corrected chi connectivity index (χ1v) is 32.8. The number of anilines is 1. The van der Waals surface area contributed by atoms with Gasteiger partial charge in [0.1, 0.15) is 40.5 Å². The average molecular weight is 1250 g/mol. The number of Topliss-reactive ketones (excluding diaryl/α,β-unsaturated/α-hetero) is 1. The highest BCUT2D eigenvalue weighted by atomic mass is 16.7. The van der Waals surface area contributed by atoms with Crippen molar-refractivity contribution in [2.45, 2.75) is 217 Å². The highest BCUT2D eigenvalue weighted by Gasteiger charge is 2.50. The standard InChI is InChI=1S/C43H58N4O12.C29H50O2/c1-21-12-11-13-22(2)42(55)45-33-28(20-44-47-17-15-46(9)16-18-47)37(52)30-31(38(33)53)36(51)26(6)40-32(30)41(54)43(8,59-40)57-19-14-29(56-10)23(3)39(58-27(7)48)25(5)35(50)24(4)34(21)49;1-20(2)12-9-13-21(3)14-10-15-22(4)16-11-18-29(8)19-17-26-25(7)27(30)23(5)24(6)28(26)31-29/h11-14,19-21,23-25,29,34-35,39,49-53H,15-18H2,1-10H3,(H,45,55);20-22,30H,9-19H2,1-8H3/b12-11+,19-14+,22-13-,44-20-;/t21-,23+,24+,25+,29-,34-,35+,39+,43-;21-,22-,29-/m01/s1. The number of amides is 1. The van der Waals surface area contributed by atoms with Gasteiger partial charge in [0, 0.05) is 92.9 Å². The predicted molar refractivity (Wildman–Crippen MR) is 355 cm³/mol. The molecule has 12 atom stereocenters. The molecule has 1 amide bonds. The van der Waals surface area contributed by atoms with Crippen molar-refractivity contribution in [1.82, 2.24) is 9.91 Å². The number of phenols is 4. The smallest absolute Gasteiger partial charge is 0.312 e. The van der Waals surface area contributed by atoms with Gasteiger partial charge in [-0.15, -0.1) is 0 Å². The van der Waals surface area contributed by atoms with Crippen LogP contribution in [-0.2, 0) is 30.2 Å². The van der Waals surface area contributed by atoms with Crippen LogP contribution in [0.25, 0.3) is 10.8 Å². The van der Waals surface area contributed by atoms with Crippen LogP contribution < -0.4 is 14.8 Å². The maximum atomic E-state index is 14.4. The number of ketones is 1. The first kappa shape index (κ1) is 72.7. The molecule has 8 rings (SSSR count). The number of benzene rings is 3. The number of carbonyl (C=O) groups excluding carboxylic acids is 3. The zero-order valence-corrected chi connectivity index (χ0v) is 57.2. The fourth-order valence-corrected chi connectivity index (χ4v) is 13.2. The number of hydrogen-bond donors (Lipinski definition) is 7. The molecule has 18 nitrogen and oxygen atoms in total. The number of aromatic hydroxyl groups is 4. The van der Waals surface area contributed by atoms with Crippen molar-refractivity contribution in [2.75, 3.05) is 45.7 Å². The van der Waals surface area contributed by atoms with E-state index in [1.807, 2.05) is 20.9 Å². The van der Waals surface area contributed by atoms with Crippen molar-refractivity contribution in [1.29, 1.82) is 0 Å². The molecule has 5 bridgehead atoms. The number of hydrazone groups is 1. The Hall–Kier alpha value is -6.34. The highest BCUT2D eigenvalue weighted by molar-refractivity contribution is 6.24. The summed E-state index contributed by atoms with van der Waals surface area (Å²) < 4.78 is 30.2. The van der Waals surface area contributed by atoms with Gasteiger partial charge < -0.3 is 64.5 Å². The first-order valence-electron chi connectivity index (χ1n) is 32.8. The maximum Gasteiger partial charge on any atom is 0.312 e. The first-order chi connectivity index (χ1) is 42.3. The molecular weight excluding hydrogens is 1140 g/mol. The Bertz CT molecular complexity index is 3140. The lowest BCUT2D eigenvalue weighted by atomic mass is 9.78. The van der Waals surface area contributed by atoms with Crippen molar-refractivity contribution in [3.63, 3.8) is 0 Å². The van der Waals surface area contributed by atoms with Crippen LogP contribution in [0.1, 0.15) is 191 Å². The lowest BCUT2D eigenvalue weighted by Crippen LogP contribution is -2.46. The van der Waals surface area contributed by atoms with E-state index in [0.717, 1.165) is 72.5 Å². The van der Waals surface area contributed by atoms with Gasteiger partial charge >= 0.3 is 11.8 Å². The lowest BCUT2D eigenvalue weighted by Gasteiger charge is -2.38. The number of nitrogens with one attached hydrogen (secondary N) is 1. The summed E-state index contributed by atoms with van der Waals surface area (Å²) in [6.07, 6.45) is 18.9. The summed E-state index contributed by atoms with van der Waals surface area (Å²) in [4.78, 5) is 42.6. The second-order valence-electron chi connectivity index (χ2n) is 27.6. The number of carbonyl (C=O) groups is 3. The minimum Gasteiger partial charge on any atom is -0.507 e. The summed E-state index contributed by atoms with van der Waals surface area (Å²) in [5, 5.41) is 77.2. The molecule has 0 aliphatic carbocycles. The van der Waals surface area contributed by atoms with Gasteiger partial charge in [-0.25, -0.2) is 0 Å². The number of likely N-dealkylation sites (N-methyl/N-ethyl adjacent to an activating group) is 1. The number of allylic oxidation sites excluding steroid dienone is 2. The van der Waals surface area contributed by atoms with Crippen LogP contribution in [0.15, 0.2) is 41.2 Å². The number of piperazine rings is 1. The van der Waals surface area contributed by atoms with E-state index in [1.54, 1.807) is 44.9 Å². The normalized spacial score (nSPS) is 28.1. The lowest BCUT2D eigenvalue weighted by molar-refractivity contribution is -0.160. The predicted octanol–water partition coefficient (Wildman–Crippen LogP) is 13.2. The summed E-state index contributed by atoms with van der Waals surface area (Å²) in [5.41, 5.74) is 3.88. The Labute approximate surface area is 535 Å². The maximum absolute atomic E-state index is 14.4. The van der Waals surface area contributed by atoms with Crippen LogP contribution >= 0.6 is 0 Å². The Morgan fingerprint density at radius 2 is 1.38 bits per heavy atom. The molecule has 3 aromatic rings. The van der Waals surface area contributed by atoms with E-state index in [2.05, 4.69) is 56.9 Å². The summed E-state index contributed by atoms with van der Waals surface area (Å²) >= 11 is 0. The van der Waals surface area contributed by atoms with Crippen LogP contribution in [0.3, 0.4) is 0 Å². The Morgan fingerprint density at radius 3 is 1.99 bits per heavy atom. The number of hydrogen-bond acceptors (Lipinski definition) is 17. The highest BCUT2D eigenvalue weighted by Crippen LogP contribution is 2.55. The average Bonchev–Trinajstić information content (AvgIpc) is 1.44. The van der Waals surface area contributed by atoms with Crippen LogP contribution in [-0.4, -0.2) is 141 Å². The minimum absolute atomic E-state index is 0.0559. The number of phenolic OH excluding ortho intramolecular Hbond substituents is 4. The molecule has 1 saturated heterocycles. The largest absolute Gasteiger partial charge is 0.507 e. The number of esters is 1. The van der Waals surface area contributed by atoms with Crippen molar-refractivity contribution in [3.8, 4) is 34.5 Å². The zero-order chi connectivity index (χ0) is 66.9. The topological polar surface area (TPSA) is 250 Å². The summed E-state index contributed by atoms with van der Waals surface area (Å²) in [6.45, 7) is 33.0. The van der Waals surface area contributed by atoms with Gasteiger partial charge in [0.05, 0.1) is 53.0 Å². The van der Waals surface area contributed by atoms with Gasteiger partial charge in [0.25, 0.3) is 11.7 Å². The number of methoxy groups -OCH3 is 1. The number of aliphatic hydroxyl groups excluding tert-OH is 2. The fraction of sp³-hybridized carbons (Fsp3) is 0.639. The molecule has 90 heavy (non-hydrogen) atoms. The van der Waals surface area contributed by atoms with E-state index in [9.17, 15) is 45.0 Å². The zero-order valence-electron chi connectivity index (χ0n) is 57.2. The van der Waals surface area contributed by atoms with E-state index in [-0.39, 0.29) is 50.1 Å². The molecule has 3 aromatic carbocycles. The third kappa shape index (κ3) is 17.0. The van der Waals surface area contributed by atoms with E-state index < -0.39 is 88.8 Å². The summed E-state index contributed by atoms with van der Waals surface area (Å²) in [7, 11) is 3.42. The molecule has 18 heteroatoms. The quantitative estimate of drug-likeness (QED) is 0.0305. The van der Waals surface area contributed by atoms with E-state index in [4.69, 9.17) is 23.7 Å². The van der Waals surface area contributed by atoms with E-state index in [1.165, 1.54) is 116 Å².